The van der Waals surface area contributed by atoms with E-state index in [2.05, 4.69) is 19.1 Å². The van der Waals surface area contributed by atoms with Gasteiger partial charge in [-0.25, -0.2) is 0 Å². The summed E-state index contributed by atoms with van der Waals surface area (Å²) in [5.74, 6) is 0. The topological polar surface area (TPSA) is 20.2 Å². The largest absolute Gasteiger partial charge is 0.396 e. The van der Waals surface area contributed by atoms with Crippen molar-refractivity contribution in [2.75, 3.05) is 6.61 Å². The molecule has 19 heavy (non-hydrogen) atoms. The van der Waals surface area contributed by atoms with Crippen molar-refractivity contribution < 1.29 is 5.11 Å². The molecular weight excluding hydrogens is 232 g/mol. The van der Waals surface area contributed by atoms with Gasteiger partial charge in [0, 0.05) is 6.61 Å². The minimum atomic E-state index is 0.349. The first-order valence-electron chi connectivity index (χ1n) is 8.67. The van der Waals surface area contributed by atoms with E-state index in [1.165, 1.54) is 83.5 Å². The molecular formula is C18H36O. The maximum absolute atomic E-state index is 8.65. The van der Waals surface area contributed by atoms with Crippen LogP contribution < -0.4 is 0 Å². The molecule has 0 saturated heterocycles. The molecule has 0 aliphatic carbocycles. The van der Waals surface area contributed by atoms with Gasteiger partial charge >= 0.3 is 0 Å². The summed E-state index contributed by atoms with van der Waals surface area (Å²) in [6.07, 6.45) is 23.2. The lowest BCUT2D eigenvalue weighted by atomic mass is 10.1. The zero-order valence-electron chi connectivity index (χ0n) is 13.2. The number of allylic oxidation sites excluding steroid dienone is 2. The number of hydrogen-bond donors (Lipinski definition) is 1. The number of hydrogen-bond acceptors (Lipinski definition) is 1. The Balaban J connectivity index is 2.99. The Morgan fingerprint density at radius 3 is 1.47 bits per heavy atom. The molecule has 0 bridgehead atoms. The summed E-state index contributed by atoms with van der Waals surface area (Å²) in [6.45, 7) is 2.63. The lowest BCUT2D eigenvalue weighted by Crippen LogP contribution is -1.82. The summed E-state index contributed by atoms with van der Waals surface area (Å²) in [6, 6.07) is 0. The molecule has 1 heteroatoms. The number of unbranched alkanes of at least 4 members (excludes halogenated alkanes) is 12. The molecule has 0 aromatic rings. The van der Waals surface area contributed by atoms with Crippen molar-refractivity contribution in [3.63, 3.8) is 0 Å². The lowest BCUT2D eigenvalue weighted by molar-refractivity contribution is 0.283. The maximum Gasteiger partial charge on any atom is 0.0431 e. The van der Waals surface area contributed by atoms with Crippen LogP contribution in [0.25, 0.3) is 0 Å². The fourth-order valence-electron chi connectivity index (χ4n) is 2.36. The van der Waals surface area contributed by atoms with Crippen LogP contribution >= 0.6 is 0 Å². The summed E-state index contributed by atoms with van der Waals surface area (Å²) >= 11 is 0. The Kier molecular flexibility index (Phi) is 17.4. The molecule has 1 nitrogen and oxygen atoms in total. The van der Waals surface area contributed by atoms with Crippen LogP contribution in [0.4, 0.5) is 0 Å². The fourth-order valence-corrected chi connectivity index (χ4v) is 2.36. The number of aliphatic hydroxyl groups is 1. The summed E-state index contributed by atoms with van der Waals surface area (Å²) < 4.78 is 0. The van der Waals surface area contributed by atoms with E-state index < -0.39 is 0 Å². The van der Waals surface area contributed by atoms with Crippen LogP contribution in [0, 0.1) is 0 Å². The van der Waals surface area contributed by atoms with E-state index in [-0.39, 0.29) is 0 Å². The molecule has 0 atom stereocenters. The average molecular weight is 268 g/mol. The maximum atomic E-state index is 8.65. The monoisotopic (exact) mass is 268 g/mol. The minimum absolute atomic E-state index is 0.349. The van der Waals surface area contributed by atoms with Crippen LogP contribution in [0.15, 0.2) is 12.2 Å². The Labute approximate surface area is 121 Å². The zero-order chi connectivity index (χ0) is 14.0. The van der Waals surface area contributed by atoms with Crippen molar-refractivity contribution in [2.45, 2.75) is 96.8 Å². The van der Waals surface area contributed by atoms with Crippen LogP contribution in [0.3, 0.4) is 0 Å². The van der Waals surface area contributed by atoms with Gasteiger partial charge in [0.25, 0.3) is 0 Å². The molecule has 0 amide bonds. The van der Waals surface area contributed by atoms with E-state index in [4.69, 9.17) is 5.11 Å². The van der Waals surface area contributed by atoms with Crippen molar-refractivity contribution in [3.05, 3.63) is 12.2 Å². The minimum Gasteiger partial charge on any atom is -0.396 e. The molecule has 114 valence electrons. The summed E-state index contributed by atoms with van der Waals surface area (Å²) in [4.78, 5) is 0. The quantitative estimate of drug-likeness (QED) is 0.284. The first-order chi connectivity index (χ1) is 9.41. The van der Waals surface area contributed by atoms with Crippen LogP contribution in [0.2, 0.25) is 0 Å². The Bertz CT molecular complexity index is 175. The Morgan fingerprint density at radius 2 is 1.00 bits per heavy atom. The van der Waals surface area contributed by atoms with Gasteiger partial charge in [0.2, 0.25) is 0 Å². The van der Waals surface area contributed by atoms with Gasteiger partial charge in [0.1, 0.15) is 0 Å². The fraction of sp³-hybridized carbons (Fsp3) is 0.889. The van der Waals surface area contributed by atoms with Gasteiger partial charge in [-0.2, -0.15) is 0 Å². The van der Waals surface area contributed by atoms with Crippen molar-refractivity contribution >= 4 is 0 Å². The highest BCUT2D eigenvalue weighted by Gasteiger charge is 1.91. The SMILES string of the molecule is CCCCCCCCCCCC=CCCCCCO. The molecule has 0 aromatic carbocycles. The third kappa shape index (κ3) is 17.7. The predicted molar refractivity (Wildman–Crippen MR) is 86.5 cm³/mol. The predicted octanol–water partition coefficient (Wildman–Crippen LogP) is 6.02. The zero-order valence-corrected chi connectivity index (χ0v) is 13.2. The summed E-state index contributed by atoms with van der Waals surface area (Å²) in [5, 5.41) is 8.65. The van der Waals surface area contributed by atoms with Crippen LogP contribution in [-0.4, -0.2) is 11.7 Å². The van der Waals surface area contributed by atoms with Crippen LogP contribution in [-0.2, 0) is 0 Å². The molecule has 0 aromatic heterocycles. The van der Waals surface area contributed by atoms with Crippen LogP contribution in [0.1, 0.15) is 96.8 Å². The van der Waals surface area contributed by atoms with E-state index >= 15 is 0 Å². The molecule has 0 aliphatic heterocycles. The van der Waals surface area contributed by atoms with Crippen molar-refractivity contribution in [2.24, 2.45) is 0 Å². The summed E-state index contributed by atoms with van der Waals surface area (Å²) in [7, 11) is 0. The molecule has 0 rings (SSSR count). The molecule has 0 saturated carbocycles. The highest BCUT2D eigenvalue weighted by Crippen LogP contribution is 2.10. The molecule has 0 spiro atoms. The first-order valence-corrected chi connectivity index (χ1v) is 8.67. The van der Waals surface area contributed by atoms with E-state index in [0.717, 1.165) is 6.42 Å². The Morgan fingerprint density at radius 1 is 0.579 bits per heavy atom. The van der Waals surface area contributed by atoms with E-state index in [1.54, 1.807) is 0 Å². The average Bonchev–Trinajstić information content (AvgIpc) is 2.43. The van der Waals surface area contributed by atoms with Crippen molar-refractivity contribution in [3.8, 4) is 0 Å². The molecule has 0 radical (unpaired) electrons. The number of aliphatic hydroxyl groups excluding tert-OH is 1. The number of rotatable bonds is 15. The third-order valence-electron chi connectivity index (χ3n) is 3.67. The second-order valence-corrected chi connectivity index (χ2v) is 5.66. The second-order valence-electron chi connectivity index (χ2n) is 5.66. The van der Waals surface area contributed by atoms with Gasteiger partial charge in [-0.05, 0) is 32.1 Å². The molecule has 0 fully saturated rings. The molecule has 0 unspecified atom stereocenters. The Hall–Kier alpha value is -0.300. The third-order valence-corrected chi connectivity index (χ3v) is 3.67. The smallest absolute Gasteiger partial charge is 0.0431 e. The highest BCUT2D eigenvalue weighted by molar-refractivity contribution is 4.81. The van der Waals surface area contributed by atoms with E-state index in [0.29, 0.717) is 6.61 Å². The van der Waals surface area contributed by atoms with Gasteiger partial charge < -0.3 is 5.11 Å². The van der Waals surface area contributed by atoms with Gasteiger partial charge in [0.15, 0.2) is 0 Å². The normalized spacial score (nSPS) is 11.5. The van der Waals surface area contributed by atoms with Gasteiger partial charge in [-0.1, -0.05) is 76.9 Å². The van der Waals surface area contributed by atoms with Crippen molar-refractivity contribution in [1.82, 2.24) is 0 Å². The van der Waals surface area contributed by atoms with E-state index in [9.17, 15) is 0 Å². The van der Waals surface area contributed by atoms with Gasteiger partial charge in [0.05, 0.1) is 0 Å². The molecule has 0 heterocycles. The first kappa shape index (κ1) is 18.7. The van der Waals surface area contributed by atoms with Gasteiger partial charge in [-0.15, -0.1) is 0 Å². The lowest BCUT2D eigenvalue weighted by Gasteiger charge is -2.00. The van der Waals surface area contributed by atoms with Crippen LogP contribution in [0.5, 0.6) is 0 Å². The highest BCUT2D eigenvalue weighted by atomic mass is 16.2. The van der Waals surface area contributed by atoms with Crippen molar-refractivity contribution in [1.29, 1.82) is 0 Å². The molecule has 1 N–H and O–H groups in total. The standard InChI is InChI=1S/C18H36O/c1-2-3-4-5-6-7-8-9-10-11-12-13-14-15-16-17-18-19/h12-13,19H,2-11,14-18H2,1H3. The molecule has 0 aliphatic rings. The summed E-state index contributed by atoms with van der Waals surface area (Å²) in [5.41, 5.74) is 0. The van der Waals surface area contributed by atoms with E-state index in [1.807, 2.05) is 0 Å². The second kappa shape index (κ2) is 17.7. The van der Waals surface area contributed by atoms with Gasteiger partial charge in [-0.3, -0.25) is 0 Å².